The van der Waals surface area contributed by atoms with Gasteiger partial charge in [0.25, 0.3) is 0 Å². The van der Waals surface area contributed by atoms with Gasteiger partial charge in [-0.05, 0) is 12.3 Å². The standard InChI is InChI=1S/C13H22O4/c1-10(2)7-5-4-6-8-17-12(14)9-11(3)13(15)16/h10H,3-9H2,1-2H3,(H,15,16). The van der Waals surface area contributed by atoms with Crippen molar-refractivity contribution in [2.24, 2.45) is 5.92 Å². The first-order valence-corrected chi connectivity index (χ1v) is 6.00. The van der Waals surface area contributed by atoms with E-state index in [1.54, 1.807) is 0 Å². The lowest BCUT2D eigenvalue weighted by molar-refractivity contribution is -0.144. The molecular weight excluding hydrogens is 220 g/mol. The van der Waals surface area contributed by atoms with Crippen molar-refractivity contribution in [1.82, 2.24) is 0 Å². The minimum Gasteiger partial charge on any atom is -0.478 e. The smallest absolute Gasteiger partial charge is 0.331 e. The zero-order chi connectivity index (χ0) is 13.3. The van der Waals surface area contributed by atoms with E-state index in [-0.39, 0.29) is 12.0 Å². The highest BCUT2D eigenvalue weighted by molar-refractivity contribution is 5.91. The molecule has 0 rings (SSSR count). The van der Waals surface area contributed by atoms with Crippen molar-refractivity contribution in [3.05, 3.63) is 12.2 Å². The Morgan fingerprint density at radius 3 is 2.41 bits per heavy atom. The second-order valence-corrected chi connectivity index (χ2v) is 4.55. The third-order valence-electron chi connectivity index (χ3n) is 2.35. The van der Waals surface area contributed by atoms with Gasteiger partial charge in [0, 0.05) is 5.57 Å². The molecule has 0 amide bonds. The largest absolute Gasteiger partial charge is 0.478 e. The zero-order valence-electron chi connectivity index (χ0n) is 10.7. The molecule has 0 atom stereocenters. The van der Waals surface area contributed by atoms with E-state index in [4.69, 9.17) is 9.84 Å². The fourth-order valence-electron chi connectivity index (χ4n) is 1.32. The van der Waals surface area contributed by atoms with E-state index in [1.807, 2.05) is 0 Å². The molecule has 4 heteroatoms. The first kappa shape index (κ1) is 15.7. The molecule has 0 aromatic heterocycles. The van der Waals surface area contributed by atoms with Crippen LogP contribution in [0, 0.1) is 5.92 Å². The molecule has 0 saturated heterocycles. The molecule has 0 aliphatic carbocycles. The lowest BCUT2D eigenvalue weighted by atomic mass is 10.1. The molecule has 0 bridgehead atoms. The number of carboxylic acid groups (broad SMARTS) is 1. The Hall–Kier alpha value is -1.32. The first-order valence-electron chi connectivity index (χ1n) is 6.00. The number of aliphatic carboxylic acids is 1. The normalized spacial score (nSPS) is 10.3. The lowest BCUT2D eigenvalue weighted by Crippen LogP contribution is -2.10. The van der Waals surface area contributed by atoms with E-state index in [0.717, 1.165) is 19.3 Å². The summed E-state index contributed by atoms with van der Waals surface area (Å²) in [7, 11) is 0. The summed E-state index contributed by atoms with van der Waals surface area (Å²) in [5, 5.41) is 8.52. The van der Waals surface area contributed by atoms with Gasteiger partial charge in [0.05, 0.1) is 13.0 Å². The second kappa shape index (κ2) is 8.79. The SMILES string of the molecule is C=C(CC(=O)OCCCCCC(C)C)C(=O)O. The van der Waals surface area contributed by atoms with E-state index in [1.165, 1.54) is 6.42 Å². The topological polar surface area (TPSA) is 63.6 Å². The van der Waals surface area contributed by atoms with Crippen molar-refractivity contribution < 1.29 is 19.4 Å². The summed E-state index contributed by atoms with van der Waals surface area (Å²) in [5.41, 5.74) is -0.130. The summed E-state index contributed by atoms with van der Waals surface area (Å²) < 4.78 is 4.91. The van der Waals surface area contributed by atoms with E-state index < -0.39 is 11.9 Å². The molecule has 0 radical (unpaired) electrons. The van der Waals surface area contributed by atoms with Gasteiger partial charge in [-0.2, -0.15) is 0 Å². The molecule has 1 N–H and O–H groups in total. The van der Waals surface area contributed by atoms with Crippen LogP contribution in [0.1, 0.15) is 46.0 Å². The van der Waals surface area contributed by atoms with Crippen LogP contribution in [0.15, 0.2) is 12.2 Å². The molecule has 0 aliphatic heterocycles. The molecule has 0 aliphatic rings. The lowest BCUT2D eigenvalue weighted by Gasteiger charge is -2.06. The fraction of sp³-hybridized carbons (Fsp3) is 0.692. The van der Waals surface area contributed by atoms with Crippen molar-refractivity contribution in [2.45, 2.75) is 46.0 Å². The molecule has 98 valence electrons. The fourth-order valence-corrected chi connectivity index (χ4v) is 1.32. The highest BCUT2D eigenvalue weighted by Gasteiger charge is 2.10. The number of carbonyl (C=O) groups is 2. The Kier molecular flexibility index (Phi) is 8.11. The van der Waals surface area contributed by atoms with Crippen LogP contribution in [0.4, 0.5) is 0 Å². The molecule has 0 heterocycles. The van der Waals surface area contributed by atoms with Crippen LogP contribution in [-0.4, -0.2) is 23.7 Å². The van der Waals surface area contributed by atoms with Gasteiger partial charge in [-0.15, -0.1) is 0 Å². The number of unbranched alkanes of at least 4 members (excludes halogenated alkanes) is 2. The van der Waals surface area contributed by atoms with Gasteiger partial charge in [-0.3, -0.25) is 4.79 Å². The Morgan fingerprint density at radius 1 is 1.24 bits per heavy atom. The first-order chi connectivity index (χ1) is 7.93. The molecule has 4 nitrogen and oxygen atoms in total. The van der Waals surface area contributed by atoms with Crippen molar-refractivity contribution in [2.75, 3.05) is 6.61 Å². The van der Waals surface area contributed by atoms with Crippen LogP contribution < -0.4 is 0 Å². The third-order valence-corrected chi connectivity index (χ3v) is 2.35. The van der Waals surface area contributed by atoms with Crippen LogP contribution in [0.2, 0.25) is 0 Å². The van der Waals surface area contributed by atoms with E-state index in [2.05, 4.69) is 20.4 Å². The Bertz CT molecular complexity index is 269. The number of hydrogen-bond acceptors (Lipinski definition) is 3. The molecule has 0 fully saturated rings. The van der Waals surface area contributed by atoms with E-state index >= 15 is 0 Å². The number of carbonyl (C=O) groups excluding carboxylic acids is 1. The van der Waals surface area contributed by atoms with Crippen LogP contribution in [0.3, 0.4) is 0 Å². The van der Waals surface area contributed by atoms with E-state index in [9.17, 15) is 9.59 Å². The molecule has 17 heavy (non-hydrogen) atoms. The van der Waals surface area contributed by atoms with Gasteiger partial charge in [0.2, 0.25) is 0 Å². The van der Waals surface area contributed by atoms with Gasteiger partial charge >= 0.3 is 11.9 Å². The molecule has 0 spiro atoms. The van der Waals surface area contributed by atoms with Crippen molar-refractivity contribution in [1.29, 1.82) is 0 Å². The van der Waals surface area contributed by atoms with Crippen LogP contribution in [0.25, 0.3) is 0 Å². The summed E-state index contributed by atoms with van der Waals surface area (Å²) in [6, 6.07) is 0. The number of ether oxygens (including phenoxy) is 1. The summed E-state index contributed by atoms with van der Waals surface area (Å²) in [4.78, 5) is 21.6. The average molecular weight is 242 g/mol. The van der Waals surface area contributed by atoms with Crippen molar-refractivity contribution in [3.63, 3.8) is 0 Å². The summed E-state index contributed by atoms with van der Waals surface area (Å²) in [5.74, 6) is -0.961. The van der Waals surface area contributed by atoms with Crippen molar-refractivity contribution in [3.8, 4) is 0 Å². The quantitative estimate of drug-likeness (QED) is 0.383. The Labute approximate surface area is 103 Å². The van der Waals surface area contributed by atoms with Gasteiger partial charge in [-0.1, -0.05) is 39.7 Å². The van der Waals surface area contributed by atoms with Crippen LogP contribution in [-0.2, 0) is 14.3 Å². The number of carboxylic acids is 1. The van der Waals surface area contributed by atoms with Gasteiger partial charge < -0.3 is 9.84 Å². The zero-order valence-corrected chi connectivity index (χ0v) is 10.7. The highest BCUT2D eigenvalue weighted by Crippen LogP contribution is 2.08. The van der Waals surface area contributed by atoms with Crippen LogP contribution in [0.5, 0.6) is 0 Å². The molecule has 0 unspecified atom stereocenters. The summed E-state index contributed by atoms with van der Waals surface area (Å²) in [6.07, 6.45) is 3.95. The molecule has 0 saturated carbocycles. The van der Waals surface area contributed by atoms with E-state index in [0.29, 0.717) is 12.5 Å². The van der Waals surface area contributed by atoms with Crippen LogP contribution >= 0.6 is 0 Å². The monoisotopic (exact) mass is 242 g/mol. The summed E-state index contributed by atoms with van der Waals surface area (Å²) in [6.45, 7) is 7.99. The number of rotatable bonds is 9. The molecule has 0 aromatic carbocycles. The third kappa shape index (κ3) is 9.60. The maximum atomic E-state index is 11.2. The second-order valence-electron chi connectivity index (χ2n) is 4.55. The maximum absolute atomic E-state index is 11.2. The summed E-state index contributed by atoms with van der Waals surface area (Å²) >= 11 is 0. The predicted molar refractivity (Wildman–Crippen MR) is 65.7 cm³/mol. The van der Waals surface area contributed by atoms with Gasteiger partial charge in [0.15, 0.2) is 0 Å². The van der Waals surface area contributed by atoms with Gasteiger partial charge in [0.1, 0.15) is 0 Å². The molecule has 0 aromatic rings. The average Bonchev–Trinajstić information content (AvgIpc) is 2.22. The Morgan fingerprint density at radius 2 is 1.88 bits per heavy atom. The number of hydrogen-bond donors (Lipinski definition) is 1. The number of esters is 1. The van der Waals surface area contributed by atoms with Crippen molar-refractivity contribution >= 4 is 11.9 Å². The predicted octanol–water partition coefficient (Wildman–Crippen LogP) is 2.78. The minimum absolute atomic E-state index is 0.130. The molecular formula is C13H22O4. The Balaban J connectivity index is 3.46. The minimum atomic E-state index is -1.15. The van der Waals surface area contributed by atoms with Gasteiger partial charge in [-0.25, -0.2) is 4.79 Å². The highest BCUT2D eigenvalue weighted by atomic mass is 16.5. The maximum Gasteiger partial charge on any atom is 0.331 e.